The van der Waals surface area contributed by atoms with Crippen LogP contribution in [0.1, 0.15) is 10.5 Å². The first-order valence-corrected chi connectivity index (χ1v) is 6.31. The molecule has 1 fully saturated rings. The second kappa shape index (κ2) is 5.24. The summed E-state index contributed by atoms with van der Waals surface area (Å²) in [5.41, 5.74) is 1.47. The van der Waals surface area contributed by atoms with Crippen LogP contribution in [-0.4, -0.2) is 46.7 Å². The minimum absolute atomic E-state index is 0.0296. The van der Waals surface area contributed by atoms with Gasteiger partial charge >= 0.3 is 0 Å². The molecule has 0 N–H and O–H groups in total. The summed E-state index contributed by atoms with van der Waals surface area (Å²) in [7, 11) is 0. The van der Waals surface area contributed by atoms with Crippen LogP contribution >= 0.6 is 0 Å². The second-order valence-electron chi connectivity index (χ2n) is 4.41. The van der Waals surface area contributed by atoms with Gasteiger partial charge in [-0.25, -0.2) is 4.98 Å². The molecule has 1 aromatic carbocycles. The van der Waals surface area contributed by atoms with Crippen LogP contribution in [-0.2, 0) is 4.74 Å². The Morgan fingerprint density at radius 2 is 1.89 bits per heavy atom. The van der Waals surface area contributed by atoms with Gasteiger partial charge in [-0.1, -0.05) is 18.2 Å². The van der Waals surface area contributed by atoms with Gasteiger partial charge in [0, 0.05) is 25.0 Å². The number of morpholine rings is 1. The van der Waals surface area contributed by atoms with E-state index in [2.05, 4.69) is 4.98 Å². The second-order valence-corrected chi connectivity index (χ2v) is 4.41. The third-order valence-electron chi connectivity index (χ3n) is 3.15. The lowest BCUT2D eigenvalue weighted by Gasteiger charge is -2.25. The highest BCUT2D eigenvalue weighted by Crippen LogP contribution is 2.10. The van der Waals surface area contributed by atoms with Gasteiger partial charge in [-0.05, 0) is 12.1 Å². The smallest absolute Gasteiger partial charge is 0.274 e. The molecule has 1 saturated heterocycles. The molecule has 1 aromatic heterocycles. The number of hydrogen-bond acceptors (Lipinski definition) is 3. The number of rotatable bonds is 2. The van der Waals surface area contributed by atoms with Gasteiger partial charge in [-0.2, -0.15) is 0 Å². The van der Waals surface area contributed by atoms with Crippen molar-refractivity contribution in [3.8, 4) is 5.69 Å². The van der Waals surface area contributed by atoms with E-state index in [1.165, 1.54) is 0 Å². The lowest BCUT2D eigenvalue weighted by Crippen LogP contribution is -2.40. The molecule has 2 aromatic rings. The molecule has 0 unspecified atom stereocenters. The fraction of sp³-hybridized carbons (Fsp3) is 0.286. The standard InChI is InChI=1S/C14H15N3O2/c18-14(16-6-8-19-9-7-16)13-10-17(11-15-13)12-4-2-1-3-5-12/h1-5,10-11H,6-9H2. The zero-order valence-corrected chi connectivity index (χ0v) is 10.5. The van der Waals surface area contributed by atoms with Crippen LogP contribution in [0, 0.1) is 0 Å². The Labute approximate surface area is 111 Å². The minimum Gasteiger partial charge on any atom is -0.378 e. The SMILES string of the molecule is O=C(c1cn(-c2ccccc2)cn1)N1CCOCC1. The highest BCUT2D eigenvalue weighted by Gasteiger charge is 2.20. The number of carbonyl (C=O) groups is 1. The zero-order valence-electron chi connectivity index (χ0n) is 10.5. The van der Waals surface area contributed by atoms with E-state index in [9.17, 15) is 4.79 Å². The van der Waals surface area contributed by atoms with Gasteiger partial charge in [0.1, 0.15) is 12.0 Å². The highest BCUT2D eigenvalue weighted by atomic mass is 16.5. The van der Waals surface area contributed by atoms with Crippen molar-refractivity contribution in [1.29, 1.82) is 0 Å². The van der Waals surface area contributed by atoms with E-state index in [1.54, 1.807) is 17.4 Å². The van der Waals surface area contributed by atoms with E-state index >= 15 is 0 Å². The molecule has 19 heavy (non-hydrogen) atoms. The van der Waals surface area contributed by atoms with Gasteiger partial charge in [0.05, 0.1) is 13.2 Å². The van der Waals surface area contributed by atoms with Crippen molar-refractivity contribution in [3.63, 3.8) is 0 Å². The quantitative estimate of drug-likeness (QED) is 0.815. The monoisotopic (exact) mass is 257 g/mol. The first-order chi connectivity index (χ1) is 9.34. The molecule has 0 atom stereocenters. The molecule has 0 aliphatic carbocycles. The molecule has 5 heteroatoms. The molecule has 5 nitrogen and oxygen atoms in total. The van der Waals surface area contributed by atoms with Crippen LogP contribution < -0.4 is 0 Å². The molecular formula is C14H15N3O2. The maximum Gasteiger partial charge on any atom is 0.274 e. The maximum absolute atomic E-state index is 12.2. The molecule has 3 rings (SSSR count). The van der Waals surface area contributed by atoms with E-state index in [0.717, 1.165) is 5.69 Å². The first kappa shape index (κ1) is 11.9. The zero-order chi connectivity index (χ0) is 13.1. The number of carbonyl (C=O) groups excluding carboxylic acids is 1. The third kappa shape index (κ3) is 2.51. The third-order valence-corrected chi connectivity index (χ3v) is 3.15. The predicted molar refractivity (Wildman–Crippen MR) is 70.3 cm³/mol. The predicted octanol–water partition coefficient (Wildman–Crippen LogP) is 1.34. The molecule has 0 bridgehead atoms. The molecule has 1 amide bonds. The van der Waals surface area contributed by atoms with Gasteiger partial charge in [0.25, 0.3) is 5.91 Å². The van der Waals surface area contributed by atoms with Gasteiger partial charge in [0.2, 0.25) is 0 Å². The van der Waals surface area contributed by atoms with Crippen LogP contribution in [0.2, 0.25) is 0 Å². The number of hydrogen-bond donors (Lipinski definition) is 0. The maximum atomic E-state index is 12.2. The Morgan fingerprint density at radius 1 is 1.16 bits per heavy atom. The average Bonchev–Trinajstić information content (AvgIpc) is 2.98. The van der Waals surface area contributed by atoms with Crippen LogP contribution in [0.3, 0.4) is 0 Å². The van der Waals surface area contributed by atoms with Crippen LogP contribution in [0.4, 0.5) is 0 Å². The number of para-hydroxylation sites is 1. The summed E-state index contributed by atoms with van der Waals surface area (Å²) in [5.74, 6) is -0.0296. The number of amides is 1. The topological polar surface area (TPSA) is 47.4 Å². The average molecular weight is 257 g/mol. The minimum atomic E-state index is -0.0296. The van der Waals surface area contributed by atoms with Crippen LogP contribution in [0.15, 0.2) is 42.9 Å². The van der Waals surface area contributed by atoms with E-state index < -0.39 is 0 Å². The Balaban J connectivity index is 1.79. The summed E-state index contributed by atoms with van der Waals surface area (Å²) < 4.78 is 7.10. The molecule has 0 saturated carbocycles. The number of benzene rings is 1. The number of ether oxygens (including phenoxy) is 1. The van der Waals surface area contributed by atoms with Gasteiger partial charge in [-0.15, -0.1) is 0 Å². The molecular weight excluding hydrogens is 242 g/mol. The van der Waals surface area contributed by atoms with Crippen molar-refractivity contribution in [2.75, 3.05) is 26.3 Å². The molecule has 0 radical (unpaired) electrons. The summed E-state index contributed by atoms with van der Waals surface area (Å²) in [4.78, 5) is 18.2. The summed E-state index contributed by atoms with van der Waals surface area (Å²) in [5, 5.41) is 0. The van der Waals surface area contributed by atoms with Crippen LogP contribution in [0.25, 0.3) is 5.69 Å². The Hall–Kier alpha value is -2.14. The Morgan fingerprint density at radius 3 is 2.63 bits per heavy atom. The molecule has 2 heterocycles. The largest absolute Gasteiger partial charge is 0.378 e. The van der Waals surface area contributed by atoms with Crippen molar-refractivity contribution in [2.24, 2.45) is 0 Å². The highest BCUT2D eigenvalue weighted by molar-refractivity contribution is 5.92. The van der Waals surface area contributed by atoms with Crippen molar-refractivity contribution >= 4 is 5.91 Å². The fourth-order valence-corrected chi connectivity index (χ4v) is 2.10. The van der Waals surface area contributed by atoms with Crippen molar-refractivity contribution in [1.82, 2.24) is 14.5 Å². The van der Waals surface area contributed by atoms with Gasteiger partial charge in [-0.3, -0.25) is 4.79 Å². The van der Waals surface area contributed by atoms with Crippen LogP contribution in [0.5, 0.6) is 0 Å². The Bertz CT molecular complexity index is 559. The molecule has 98 valence electrons. The number of imidazole rings is 1. The first-order valence-electron chi connectivity index (χ1n) is 6.31. The summed E-state index contributed by atoms with van der Waals surface area (Å²) in [6.07, 6.45) is 3.44. The lowest BCUT2D eigenvalue weighted by molar-refractivity contribution is 0.0299. The number of aromatic nitrogens is 2. The van der Waals surface area contributed by atoms with Gasteiger partial charge in [0.15, 0.2) is 0 Å². The van der Waals surface area contributed by atoms with Gasteiger partial charge < -0.3 is 14.2 Å². The lowest BCUT2D eigenvalue weighted by atomic mass is 10.3. The van der Waals surface area contributed by atoms with E-state index in [1.807, 2.05) is 34.9 Å². The Kier molecular flexibility index (Phi) is 3.29. The normalized spacial score (nSPS) is 15.5. The van der Waals surface area contributed by atoms with E-state index in [4.69, 9.17) is 4.74 Å². The van der Waals surface area contributed by atoms with E-state index in [-0.39, 0.29) is 5.91 Å². The summed E-state index contributed by atoms with van der Waals surface area (Å²) in [6, 6.07) is 9.83. The summed E-state index contributed by atoms with van der Waals surface area (Å²) >= 11 is 0. The van der Waals surface area contributed by atoms with E-state index in [0.29, 0.717) is 32.0 Å². The fourth-order valence-electron chi connectivity index (χ4n) is 2.10. The number of nitrogens with zero attached hydrogens (tertiary/aromatic N) is 3. The van der Waals surface area contributed by atoms with Crippen molar-refractivity contribution in [2.45, 2.75) is 0 Å². The summed E-state index contributed by atoms with van der Waals surface area (Å²) in [6.45, 7) is 2.48. The van der Waals surface area contributed by atoms with Crippen molar-refractivity contribution in [3.05, 3.63) is 48.5 Å². The molecule has 0 spiro atoms. The molecule has 1 aliphatic rings. The molecule has 1 aliphatic heterocycles. The van der Waals surface area contributed by atoms with Crippen molar-refractivity contribution < 1.29 is 9.53 Å².